The number of urea groups is 1. The number of carboxylic acids is 1. The summed E-state index contributed by atoms with van der Waals surface area (Å²) in [6, 6.07) is -1.10. The van der Waals surface area contributed by atoms with Gasteiger partial charge >= 0.3 is 12.0 Å². The molecule has 2 rings (SSSR count). The molecule has 7 heteroatoms. The largest absolute Gasteiger partial charge is 0.481 e. The van der Waals surface area contributed by atoms with Crippen molar-refractivity contribution in [2.75, 3.05) is 26.2 Å². The van der Waals surface area contributed by atoms with Gasteiger partial charge < -0.3 is 20.2 Å². The third-order valence-corrected chi connectivity index (χ3v) is 4.41. The van der Waals surface area contributed by atoms with Crippen molar-refractivity contribution < 1.29 is 19.5 Å². The first-order valence-electron chi connectivity index (χ1n) is 7.58. The minimum absolute atomic E-state index is 0.203. The Morgan fingerprint density at radius 3 is 2.52 bits per heavy atom. The third kappa shape index (κ3) is 3.65. The lowest BCUT2D eigenvalue weighted by Gasteiger charge is -2.40. The molecule has 1 unspecified atom stereocenters. The van der Waals surface area contributed by atoms with Crippen LogP contribution < -0.4 is 5.32 Å². The molecule has 1 atom stereocenters. The monoisotopic (exact) mass is 297 g/mol. The van der Waals surface area contributed by atoms with E-state index in [1.165, 1.54) is 4.90 Å². The molecule has 3 amide bonds. The predicted octanol–water partition coefficient (Wildman–Crippen LogP) is 0.504. The van der Waals surface area contributed by atoms with Gasteiger partial charge in [0.2, 0.25) is 5.91 Å². The molecule has 2 saturated heterocycles. The molecule has 0 aromatic carbocycles. The van der Waals surface area contributed by atoms with E-state index < -0.39 is 12.0 Å². The van der Waals surface area contributed by atoms with Gasteiger partial charge in [0, 0.05) is 26.2 Å². The second kappa shape index (κ2) is 6.78. The lowest BCUT2D eigenvalue weighted by molar-refractivity contribution is -0.142. The van der Waals surface area contributed by atoms with Crippen LogP contribution in [-0.2, 0) is 9.59 Å². The normalized spacial score (nSPS) is 23.9. The Kier molecular flexibility index (Phi) is 5.03. The lowest BCUT2D eigenvalue weighted by atomic mass is 9.94. The number of rotatable bonds is 3. The topological polar surface area (TPSA) is 90.0 Å². The zero-order chi connectivity index (χ0) is 15.4. The molecule has 2 heterocycles. The molecule has 0 saturated carbocycles. The summed E-state index contributed by atoms with van der Waals surface area (Å²) >= 11 is 0. The summed E-state index contributed by atoms with van der Waals surface area (Å²) in [4.78, 5) is 38.5. The van der Waals surface area contributed by atoms with Crippen molar-refractivity contribution in [3.63, 3.8) is 0 Å². The Labute approximate surface area is 124 Å². The SMILES string of the molecule is CCC1CCN(C(=O)N2CCNC(=O)C2CC(=O)O)CC1. The van der Waals surface area contributed by atoms with Crippen LogP contribution in [0.1, 0.15) is 32.6 Å². The number of carbonyl (C=O) groups is 3. The summed E-state index contributed by atoms with van der Waals surface area (Å²) in [5.41, 5.74) is 0. The molecule has 2 fully saturated rings. The second-order valence-corrected chi connectivity index (χ2v) is 5.72. The van der Waals surface area contributed by atoms with Crippen molar-refractivity contribution in [1.82, 2.24) is 15.1 Å². The fraction of sp³-hybridized carbons (Fsp3) is 0.786. The number of nitrogens with one attached hydrogen (secondary N) is 1. The molecule has 0 spiro atoms. The Bertz CT molecular complexity index is 418. The molecule has 0 bridgehead atoms. The third-order valence-electron chi connectivity index (χ3n) is 4.41. The average Bonchev–Trinajstić information content (AvgIpc) is 2.48. The number of likely N-dealkylation sites (tertiary alicyclic amines) is 1. The highest BCUT2D eigenvalue weighted by Gasteiger charge is 2.37. The van der Waals surface area contributed by atoms with Crippen LogP contribution in [0.3, 0.4) is 0 Å². The van der Waals surface area contributed by atoms with Gasteiger partial charge in [-0.25, -0.2) is 4.79 Å². The highest BCUT2D eigenvalue weighted by molar-refractivity contribution is 5.91. The van der Waals surface area contributed by atoms with Gasteiger partial charge in [0.15, 0.2) is 0 Å². The first kappa shape index (κ1) is 15.6. The molecule has 2 N–H and O–H groups in total. The molecular formula is C14H23N3O4. The maximum Gasteiger partial charge on any atom is 0.320 e. The molecule has 0 aliphatic carbocycles. The van der Waals surface area contributed by atoms with E-state index in [-0.39, 0.29) is 18.4 Å². The number of carboxylic acid groups (broad SMARTS) is 1. The van der Waals surface area contributed by atoms with E-state index in [1.807, 2.05) is 0 Å². The summed E-state index contributed by atoms with van der Waals surface area (Å²) in [7, 11) is 0. The summed E-state index contributed by atoms with van der Waals surface area (Å²) in [6.45, 7) is 4.28. The maximum absolute atomic E-state index is 12.6. The predicted molar refractivity (Wildman–Crippen MR) is 75.7 cm³/mol. The highest BCUT2D eigenvalue weighted by Crippen LogP contribution is 2.22. The van der Waals surface area contributed by atoms with E-state index in [0.717, 1.165) is 19.3 Å². The van der Waals surface area contributed by atoms with Crippen molar-refractivity contribution in [2.24, 2.45) is 5.92 Å². The molecule has 2 aliphatic heterocycles. The van der Waals surface area contributed by atoms with Gasteiger partial charge in [-0.05, 0) is 18.8 Å². The second-order valence-electron chi connectivity index (χ2n) is 5.72. The van der Waals surface area contributed by atoms with Crippen LogP contribution in [-0.4, -0.2) is 65.0 Å². The summed E-state index contributed by atoms with van der Waals surface area (Å²) in [5.74, 6) is -0.784. The number of piperidine rings is 1. The van der Waals surface area contributed by atoms with Crippen LogP contribution in [0.15, 0.2) is 0 Å². The standard InChI is InChI=1S/C14H23N3O4/c1-2-10-3-6-16(7-4-10)14(21)17-8-5-15-13(20)11(17)9-12(18)19/h10-11H,2-9H2,1H3,(H,15,20)(H,18,19). The fourth-order valence-corrected chi connectivity index (χ4v) is 3.03. The van der Waals surface area contributed by atoms with Gasteiger partial charge in [0.1, 0.15) is 6.04 Å². The van der Waals surface area contributed by atoms with E-state index in [9.17, 15) is 14.4 Å². The van der Waals surface area contributed by atoms with Gasteiger partial charge in [0.05, 0.1) is 6.42 Å². The van der Waals surface area contributed by atoms with Crippen LogP contribution in [0.4, 0.5) is 4.79 Å². The number of amides is 3. The first-order chi connectivity index (χ1) is 10.0. The fourth-order valence-electron chi connectivity index (χ4n) is 3.03. The van der Waals surface area contributed by atoms with E-state index in [2.05, 4.69) is 12.2 Å². The number of carbonyl (C=O) groups excluding carboxylic acids is 2. The lowest BCUT2D eigenvalue weighted by Crippen LogP contribution is -2.61. The maximum atomic E-state index is 12.6. The van der Waals surface area contributed by atoms with Gasteiger partial charge in [-0.2, -0.15) is 0 Å². The Hall–Kier alpha value is -1.79. The van der Waals surface area contributed by atoms with Gasteiger partial charge in [-0.15, -0.1) is 0 Å². The Morgan fingerprint density at radius 1 is 1.29 bits per heavy atom. The zero-order valence-corrected chi connectivity index (χ0v) is 12.4. The van der Waals surface area contributed by atoms with Crippen molar-refractivity contribution >= 4 is 17.9 Å². The molecule has 118 valence electrons. The molecule has 2 aliphatic rings. The number of hydrogen-bond donors (Lipinski definition) is 2. The molecule has 0 aromatic heterocycles. The Balaban J connectivity index is 2.02. The average molecular weight is 297 g/mol. The van der Waals surface area contributed by atoms with E-state index in [0.29, 0.717) is 32.1 Å². The molecule has 21 heavy (non-hydrogen) atoms. The number of nitrogens with zero attached hydrogens (tertiary/aromatic N) is 2. The number of aliphatic carboxylic acids is 1. The van der Waals surface area contributed by atoms with E-state index in [1.54, 1.807) is 4.90 Å². The van der Waals surface area contributed by atoms with Crippen molar-refractivity contribution in [2.45, 2.75) is 38.6 Å². The molecule has 0 aromatic rings. The highest BCUT2D eigenvalue weighted by atomic mass is 16.4. The number of piperazine rings is 1. The van der Waals surface area contributed by atoms with Crippen molar-refractivity contribution in [3.05, 3.63) is 0 Å². The Morgan fingerprint density at radius 2 is 1.95 bits per heavy atom. The van der Waals surface area contributed by atoms with Crippen molar-refractivity contribution in [3.8, 4) is 0 Å². The minimum atomic E-state index is -1.07. The van der Waals surface area contributed by atoms with Gasteiger partial charge in [-0.1, -0.05) is 13.3 Å². The van der Waals surface area contributed by atoms with Crippen LogP contribution in [0.2, 0.25) is 0 Å². The van der Waals surface area contributed by atoms with Crippen LogP contribution in [0.5, 0.6) is 0 Å². The van der Waals surface area contributed by atoms with E-state index >= 15 is 0 Å². The summed E-state index contributed by atoms with van der Waals surface area (Å²) in [5, 5.41) is 11.6. The van der Waals surface area contributed by atoms with Gasteiger partial charge in [0.25, 0.3) is 0 Å². The quantitative estimate of drug-likeness (QED) is 0.794. The smallest absolute Gasteiger partial charge is 0.320 e. The van der Waals surface area contributed by atoms with E-state index in [4.69, 9.17) is 5.11 Å². The molecular weight excluding hydrogens is 274 g/mol. The van der Waals surface area contributed by atoms with Crippen LogP contribution >= 0.6 is 0 Å². The molecule has 7 nitrogen and oxygen atoms in total. The number of hydrogen-bond acceptors (Lipinski definition) is 3. The summed E-state index contributed by atoms with van der Waals surface area (Å²) < 4.78 is 0. The molecule has 0 radical (unpaired) electrons. The minimum Gasteiger partial charge on any atom is -0.481 e. The summed E-state index contributed by atoms with van der Waals surface area (Å²) in [6.07, 6.45) is 2.73. The first-order valence-corrected chi connectivity index (χ1v) is 7.58. The zero-order valence-electron chi connectivity index (χ0n) is 12.4. The van der Waals surface area contributed by atoms with Gasteiger partial charge in [-0.3, -0.25) is 9.59 Å². The van der Waals surface area contributed by atoms with Crippen LogP contribution in [0.25, 0.3) is 0 Å². The van der Waals surface area contributed by atoms with Crippen molar-refractivity contribution in [1.29, 1.82) is 0 Å². The van der Waals surface area contributed by atoms with Crippen LogP contribution in [0, 0.1) is 5.92 Å².